The van der Waals surface area contributed by atoms with Gasteiger partial charge in [0.2, 0.25) is 0 Å². The molecule has 0 spiro atoms. The topological polar surface area (TPSA) is 52.2 Å². The quantitative estimate of drug-likeness (QED) is 0.851. The highest BCUT2D eigenvalue weighted by atomic mass is 16.5. The minimum absolute atomic E-state index is 0.0866. The molecule has 0 aromatic heterocycles. The summed E-state index contributed by atoms with van der Waals surface area (Å²) in [6.07, 6.45) is 12.0. The molecule has 1 aromatic rings. The lowest BCUT2D eigenvalue weighted by molar-refractivity contribution is -0.289. The van der Waals surface area contributed by atoms with E-state index in [4.69, 9.17) is 12.8 Å². The second kappa shape index (κ2) is 6.32. The van der Waals surface area contributed by atoms with E-state index in [2.05, 4.69) is 17.2 Å². The third-order valence-electron chi connectivity index (χ3n) is 4.46. The highest BCUT2D eigenvalue weighted by Crippen LogP contribution is 2.37. The Labute approximate surface area is 144 Å². The standard InChI is InChI=1S/C20H23N2O2/c1-7-14-9-15(8-2)11-16(10-14)18(23)21-17-12-19(3,4)22(24)20(5,6)13-17/h1-2,9-11,17H,12-13H2,3-6H3,(H,21,23). The summed E-state index contributed by atoms with van der Waals surface area (Å²) >= 11 is 0. The Balaban J connectivity index is 2.22. The molecule has 1 aliphatic rings. The third kappa shape index (κ3) is 3.62. The van der Waals surface area contributed by atoms with E-state index in [1.807, 2.05) is 27.7 Å². The lowest BCUT2D eigenvalue weighted by Gasteiger charge is -2.50. The van der Waals surface area contributed by atoms with Crippen molar-refractivity contribution in [3.63, 3.8) is 0 Å². The second-order valence-electron chi connectivity index (χ2n) is 7.59. The fraction of sp³-hybridized carbons (Fsp3) is 0.450. The molecular formula is C20H23N2O2. The highest BCUT2D eigenvalue weighted by molar-refractivity contribution is 5.95. The first-order valence-corrected chi connectivity index (χ1v) is 7.96. The van der Waals surface area contributed by atoms with Crippen LogP contribution in [0.25, 0.3) is 0 Å². The zero-order valence-corrected chi connectivity index (χ0v) is 14.6. The monoisotopic (exact) mass is 323 g/mol. The number of nitrogens with one attached hydrogen (secondary N) is 1. The number of hydrogen-bond acceptors (Lipinski definition) is 2. The summed E-state index contributed by atoms with van der Waals surface area (Å²) in [5.74, 6) is 4.80. The Kier molecular flexibility index (Phi) is 4.76. The van der Waals surface area contributed by atoms with E-state index >= 15 is 0 Å². The molecule has 0 saturated carbocycles. The molecule has 1 saturated heterocycles. The molecule has 0 unspecified atom stereocenters. The Hall–Kier alpha value is -2.27. The van der Waals surface area contributed by atoms with Crippen molar-refractivity contribution < 1.29 is 10.0 Å². The number of carbonyl (C=O) groups is 1. The van der Waals surface area contributed by atoms with E-state index in [-0.39, 0.29) is 11.9 Å². The minimum atomic E-state index is -0.537. The summed E-state index contributed by atoms with van der Waals surface area (Å²) in [6.45, 7) is 7.59. The molecule has 1 amide bonds. The number of nitrogens with zero attached hydrogens (tertiary/aromatic N) is 1. The minimum Gasteiger partial charge on any atom is -0.349 e. The SMILES string of the molecule is C#Cc1cc(C#C)cc(C(=O)NC2CC(C)(C)N([O])C(C)(C)C2)c1. The van der Waals surface area contributed by atoms with Crippen molar-refractivity contribution in [3.05, 3.63) is 34.9 Å². The number of hydroxylamine groups is 2. The molecule has 24 heavy (non-hydrogen) atoms. The van der Waals surface area contributed by atoms with Crippen molar-refractivity contribution >= 4 is 5.91 Å². The molecule has 1 fully saturated rings. The van der Waals surface area contributed by atoms with Gasteiger partial charge >= 0.3 is 0 Å². The third-order valence-corrected chi connectivity index (χ3v) is 4.46. The molecule has 125 valence electrons. The maximum atomic E-state index is 12.6. The van der Waals surface area contributed by atoms with E-state index in [0.29, 0.717) is 29.5 Å². The number of benzene rings is 1. The van der Waals surface area contributed by atoms with Gasteiger partial charge in [0.15, 0.2) is 0 Å². The first kappa shape index (κ1) is 18.1. The van der Waals surface area contributed by atoms with E-state index in [9.17, 15) is 10.0 Å². The van der Waals surface area contributed by atoms with Gasteiger partial charge in [0.25, 0.3) is 5.91 Å². The van der Waals surface area contributed by atoms with Gasteiger partial charge in [0.1, 0.15) is 0 Å². The molecule has 0 atom stereocenters. The van der Waals surface area contributed by atoms with Crippen LogP contribution in [0.4, 0.5) is 0 Å². The average molecular weight is 323 g/mol. The molecule has 0 aliphatic carbocycles. The van der Waals surface area contributed by atoms with Crippen molar-refractivity contribution in [2.75, 3.05) is 0 Å². The van der Waals surface area contributed by atoms with Crippen molar-refractivity contribution in [2.45, 2.75) is 57.7 Å². The van der Waals surface area contributed by atoms with Crippen LogP contribution in [0, 0.1) is 24.7 Å². The zero-order chi connectivity index (χ0) is 18.1. The first-order valence-electron chi connectivity index (χ1n) is 7.96. The van der Waals surface area contributed by atoms with Gasteiger partial charge in [-0.25, -0.2) is 0 Å². The van der Waals surface area contributed by atoms with Gasteiger partial charge in [-0.1, -0.05) is 11.8 Å². The zero-order valence-electron chi connectivity index (χ0n) is 14.6. The maximum Gasteiger partial charge on any atom is 0.251 e. The number of amides is 1. The fourth-order valence-corrected chi connectivity index (χ4v) is 3.56. The summed E-state index contributed by atoms with van der Waals surface area (Å²) in [7, 11) is 0. The van der Waals surface area contributed by atoms with Crippen LogP contribution in [0.15, 0.2) is 18.2 Å². The van der Waals surface area contributed by atoms with Crippen molar-refractivity contribution in [2.24, 2.45) is 0 Å². The smallest absolute Gasteiger partial charge is 0.251 e. The van der Waals surface area contributed by atoms with E-state index in [0.717, 1.165) is 5.06 Å². The van der Waals surface area contributed by atoms with Gasteiger partial charge in [0, 0.05) is 33.8 Å². The van der Waals surface area contributed by atoms with Gasteiger partial charge in [-0.2, -0.15) is 0 Å². The van der Waals surface area contributed by atoms with Gasteiger partial charge in [-0.15, -0.1) is 23.1 Å². The van der Waals surface area contributed by atoms with Gasteiger partial charge in [0.05, 0.1) is 0 Å². The van der Waals surface area contributed by atoms with Crippen LogP contribution in [-0.4, -0.2) is 28.1 Å². The second-order valence-corrected chi connectivity index (χ2v) is 7.59. The van der Waals surface area contributed by atoms with Crippen LogP contribution < -0.4 is 5.32 Å². The molecule has 1 radical (unpaired) electrons. The van der Waals surface area contributed by atoms with Crippen molar-refractivity contribution in [3.8, 4) is 24.7 Å². The Morgan fingerprint density at radius 2 is 1.54 bits per heavy atom. The average Bonchev–Trinajstić information content (AvgIpc) is 2.51. The summed E-state index contributed by atoms with van der Waals surface area (Å²) in [5.41, 5.74) is 0.518. The Morgan fingerprint density at radius 3 is 1.96 bits per heavy atom. The van der Waals surface area contributed by atoms with E-state index in [1.54, 1.807) is 18.2 Å². The van der Waals surface area contributed by atoms with Crippen LogP contribution >= 0.6 is 0 Å². The summed E-state index contributed by atoms with van der Waals surface area (Å²) in [6, 6.07) is 4.90. The molecule has 1 aromatic carbocycles. The predicted octanol–water partition coefficient (Wildman–Crippen LogP) is 2.75. The summed E-state index contributed by atoms with van der Waals surface area (Å²) < 4.78 is 0. The molecule has 0 bridgehead atoms. The summed E-state index contributed by atoms with van der Waals surface area (Å²) in [5, 5.41) is 16.6. The van der Waals surface area contributed by atoms with E-state index in [1.165, 1.54) is 0 Å². The molecule has 4 heteroatoms. The maximum absolute atomic E-state index is 12.6. The predicted molar refractivity (Wildman–Crippen MR) is 93.5 cm³/mol. The Morgan fingerprint density at radius 1 is 1.08 bits per heavy atom. The number of terminal acetylenes is 2. The van der Waals surface area contributed by atoms with Gasteiger partial charge < -0.3 is 5.32 Å². The molecule has 4 nitrogen and oxygen atoms in total. The van der Waals surface area contributed by atoms with Crippen LogP contribution in [0.2, 0.25) is 0 Å². The van der Waals surface area contributed by atoms with Crippen LogP contribution in [0.3, 0.4) is 0 Å². The van der Waals surface area contributed by atoms with Crippen molar-refractivity contribution in [1.82, 2.24) is 10.4 Å². The van der Waals surface area contributed by atoms with Crippen molar-refractivity contribution in [1.29, 1.82) is 0 Å². The van der Waals surface area contributed by atoms with Gasteiger partial charge in [-0.05, 0) is 58.7 Å². The molecule has 1 aliphatic heterocycles. The molecule has 2 rings (SSSR count). The normalized spacial score (nSPS) is 20.0. The van der Waals surface area contributed by atoms with Gasteiger partial charge in [-0.3, -0.25) is 4.79 Å². The Bertz CT molecular complexity index is 685. The van der Waals surface area contributed by atoms with E-state index < -0.39 is 11.1 Å². The summed E-state index contributed by atoms with van der Waals surface area (Å²) in [4.78, 5) is 12.6. The fourth-order valence-electron chi connectivity index (χ4n) is 3.56. The van der Waals surface area contributed by atoms with Crippen LogP contribution in [0.1, 0.15) is 62.0 Å². The first-order chi connectivity index (χ1) is 11.1. The number of carbonyl (C=O) groups excluding carboxylic acids is 1. The number of piperidine rings is 1. The molecule has 1 N–H and O–H groups in total. The number of hydrogen-bond donors (Lipinski definition) is 1. The largest absolute Gasteiger partial charge is 0.349 e. The lowest BCUT2D eigenvalue weighted by Crippen LogP contribution is -2.62. The molecule has 1 heterocycles. The molecular weight excluding hydrogens is 300 g/mol. The number of rotatable bonds is 2. The lowest BCUT2D eigenvalue weighted by atomic mass is 9.79. The van der Waals surface area contributed by atoms with Crippen LogP contribution in [0.5, 0.6) is 0 Å². The van der Waals surface area contributed by atoms with Crippen LogP contribution in [-0.2, 0) is 5.21 Å². The highest BCUT2D eigenvalue weighted by Gasteiger charge is 2.46.